The van der Waals surface area contributed by atoms with Gasteiger partial charge in [-0.05, 0) is 17.7 Å². The van der Waals surface area contributed by atoms with Crippen molar-refractivity contribution >= 4 is 0 Å². The Balaban J connectivity index is 1.61. The average Bonchev–Trinajstić information content (AvgIpc) is 3.12. The summed E-state index contributed by atoms with van der Waals surface area (Å²) in [5.41, 5.74) is 0.823. The molecule has 0 aromatic carbocycles. The lowest BCUT2D eigenvalue weighted by Gasteiger charge is -2.39. The third-order valence-corrected chi connectivity index (χ3v) is 4.69. The maximum absolute atomic E-state index is 9.93. The van der Waals surface area contributed by atoms with Gasteiger partial charge in [0.15, 0.2) is 6.29 Å². The molecule has 1 aliphatic carbocycles. The van der Waals surface area contributed by atoms with Crippen LogP contribution >= 0.6 is 0 Å². The van der Waals surface area contributed by atoms with E-state index in [9.17, 15) is 20.4 Å². The minimum absolute atomic E-state index is 0.0568. The largest absolute Gasteiger partial charge is 0.494 e. The van der Waals surface area contributed by atoms with E-state index < -0.39 is 37.3 Å². The summed E-state index contributed by atoms with van der Waals surface area (Å²) in [4.78, 5) is 0. The summed E-state index contributed by atoms with van der Waals surface area (Å²) in [6.45, 7) is -0.480. The van der Waals surface area contributed by atoms with Crippen molar-refractivity contribution in [2.24, 2.45) is 11.8 Å². The molecular formula is C15H22O8. The van der Waals surface area contributed by atoms with Crippen LogP contribution in [0.5, 0.6) is 0 Å². The first-order valence-electron chi connectivity index (χ1n) is 7.62. The molecule has 8 atom stereocenters. The minimum Gasteiger partial charge on any atom is -0.494 e. The molecule has 0 amide bonds. The van der Waals surface area contributed by atoms with Gasteiger partial charge in [0.2, 0.25) is 0 Å². The molecule has 0 unspecified atom stereocenters. The Morgan fingerprint density at radius 3 is 2.52 bits per heavy atom. The van der Waals surface area contributed by atoms with Gasteiger partial charge in [-0.2, -0.15) is 0 Å². The van der Waals surface area contributed by atoms with Crippen LogP contribution in [0.1, 0.15) is 0 Å². The zero-order valence-electron chi connectivity index (χ0n) is 12.4. The molecule has 0 bridgehead atoms. The lowest BCUT2D eigenvalue weighted by atomic mass is 9.92. The molecule has 3 aliphatic rings. The first-order valence-corrected chi connectivity index (χ1v) is 7.62. The molecule has 8 heteroatoms. The highest BCUT2D eigenvalue weighted by molar-refractivity contribution is 5.26. The second-order valence-corrected chi connectivity index (χ2v) is 6.05. The number of aliphatic hydroxyl groups excluding tert-OH is 5. The van der Waals surface area contributed by atoms with Gasteiger partial charge in [0.25, 0.3) is 0 Å². The molecule has 1 saturated heterocycles. The van der Waals surface area contributed by atoms with Gasteiger partial charge in [-0.25, -0.2) is 0 Å². The number of rotatable bonds is 5. The SMILES string of the molecule is OC[C@@H]1C(CO[C@@H]2O[C@H](CO)[C@@H](O)[C@H](O)[C@H]2O)=C[C@@H]2OC=C[C@@H]21. The summed E-state index contributed by atoms with van der Waals surface area (Å²) in [5.74, 6) is -0.0722. The highest BCUT2D eigenvalue weighted by Crippen LogP contribution is 2.38. The van der Waals surface area contributed by atoms with Crippen LogP contribution in [0.4, 0.5) is 0 Å². The Morgan fingerprint density at radius 1 is 1.04 bits per heavy atom. The molecule has 23 heavy (non-hydrogen) atoms. The van der Waals surface area contributed by atoms with Crippen LogP contribution in [0.2, 0.25) is 0 Å². The first kappa shape index (κ1) is 16.8. The van der Waals surface area contributed by atoms with E-state index >= 15 is 0 Å². The third-order valence-electron chi connectivity index (χ3n) is 4.69. The molecule has 130 valence electrons. The van der Waals surface area contributed by atoms with Gasteiger partial charge in [0, 0.05) is 11.8 Å². The number of hydrogen-bond donors (Lipinski definition) is 5. The van der Waals surface area contributed by atoms with Crippen LogP contribution in [0.25, 0.3) is 0 Å². The molecule has 0 aromatic heterocycles. The molecule has 0 radical (unpaired) electrons. The zero-order chi connectivity index (χ0) is 16.6. The van der Waals surface area contributed by atoms with E-state index in [1.807, 2.05) is 12.2 Å². The summed E-state index contributed by atoms with van der Waals surface area (Å²) in [6.07, 6.45) is -1.25. The van der Waals surface area contributed by atoms with Crippen molar-refractivity contribution in [3.63, 3.8) is 0 Å². The van der Waals surface area contributed by atoms with Gasteiger partial charge in [-0.3, -0.25) is 0 Å². The number of ether oxygens (including phenoxy) is 3. The van der Waals surface area contributed by atoms with Crippen molar-refractivity contribution in [1.29, 1.82) is 0 Å². The Labute approximate surface area is 133 Å². The Bertz CT molecular complexity index is 476. The maximum atomic E-state index is 9.93. The maximum Gasteiger partial charge on any atom is 0.187 e. The van der Waals surface area contributed by atoms with Gasteiger partial charge in [-0.15, -0.1) is 0 Å². The van der Waals surface area contributed by atoms with Crippen LogP contribution in [0.3, 0.4) is 0 Å². The monoisotopic (exact) mass is 330 g/mol. The van der Waals surface area contributed by atoms with Crippen molar-refractivity contribution in [2.45, 2.75) is 36.8 Å². The topological polar surface area (TPSA) is 129 Å². The van der Waals surface area contributed by atoms with Gasteiger partial charge < -0.3 is 39.7 Å². The van der Waals surface area contributed by atoms with E-state index in [1.54, 1.807) is 6.26 Å². The van der Waals surface area contributed by atoms with E-state index in [4.69, 9.17) is 19.3 Å². The number of aliphatic hydroxyl groups is 5. The lowest BCUT2D eigenvalue weighted by Crippen LogP contribution is -2.59. The van der Waals surface area contributed by atoms with Crippen molar-refractivity contribution in [2.75, 3.05) is 19.8 Å². The smallest absolute Gasteiger partial charge is 0.187 e. The normalized spacial score (nSPS) is 45.7. The average molecular weight is 330 g/mol. The van der Waals surface area contributed by atoms with Crippen LogP contribution in [-0.2, 0) is 14.2 Å². The van der Waals surface area contributed by atoms with E-state index in [0.717, 1.165) is 5.57 Å². The van der Waals surface area contributed by atoms with Gasteiger partial charge in [0.1, 0.15) is 30.5 Å². The fraction of sp³-hybridized carbons (Fsp3) is 0.733. The molecule has 8 nitrogen and oxygen atoms in total. The van der Waals surface area contributed by atoms with Gasteiger partial charge in [0.05, 0.1) is 26.1 Å². The van der Waals surface area contributed by atoms with Gasteiger partial charge in [-0.1, -0.05) is 0 Å². The van der Waals surface area contributed by atoms with E-state index in [-0.39, 0.29) is 31.2 Å². The number of hydrogen-bond acceptors (Lipinski definition) is 8. The second-order valence-electron chi connectivity index (χ2n) is 6.05. The standard InChI is InChI=1S/C15H22O8/c16-4-9-7(3-10-8(9)1-2-21-10)6-22-15-14(20)13(19)12(18)11(5-17)23-15/h1-3,8-20H,4-6H2/t8-,9-,10+,11-,12-,13+,14-,15-/m1/s1. The Hall–Kier alpha value is -1.00. The molecule has 2 heterocycles. The molecule has 0 spiro atoms. The van der Waals surface area contributed by atoms with Crippen LogP contribution in [-0.4, -0.2) is 82.2 Å². The highest BCUT2D eigenvalue weighted by atomic mass is 16.7. The van der Waals surface area contributed by atoms with Crippen molar-refractivity contribution < 1.29 is 39.7 Å². The first-order chi connectivity index (χ1) is 11.1. The molecule has 2 aliphatic heterocycles. The molecule has 1 fully saturated rings. The van der Waals surface area contributed by atoms with Crippen LogP contribution in [0, 0.1) is 11.8 Å². The Morgan fingerprint density at radius 2 is 1.83 bits per heavy atom. The zero-order valence-corrected chi connectivity index (χ0v) is 12.4. The fourth-order valence-electron chi connectivity index (χ4n) is 3.30. The molecule has 3 rings (SSSR count). The Kier molecular flexibility index (Phi) is 5.02. The molecule has 0 saturated carbocycles. The third kappa shape index (κ3) is 3.03. The van der Waals surface area contributed by atoms with Crippen molar-refractivity contribution in [1.82, 2.24) is 0 Å². The summed E-state index contributed by atoms with van der Waals surface area (Å²) in [7, 11) is 0. The minimum atomic E-state index is -1.47. The van der Waals surface area contributed by atoms with E-state index in [2.05, 4.69) is 0 Å². The van der Waals surface area contributed by atoms with Crippen molar-refractivity contribution in [3.8, 4) is 0 Å². The predicted octanol–water partition coefficient (Wildman–Crippen LogP) is -2.12. The highest BCUT2D eigenvalue weighted by Gasteiger charge is 2.45. The summed E-state index contributed by atoms with van der Waals surface area (Å²) in [5, 5.41) is 48.1. The molecular weight excluding hydrogens is 308 g/mol. The lowest BCUT2D eigenvalue weighted by molar-refractivity contribution is -0.299. The molecule has 5 N–H and O–H groups in total. The quantitative estimate of drug-likeness (QED) is 0.362. The summed E-state index contributed by atoms with van der Waals surface area (Å²) >= 11 is 0. The summed E-state index contributed by atoms with van der Waals surface area (Å²) in [6, 6.07) is 0. The van der Waals surface area contributed by atoms with E-state index in [1.165, 1.54) is 0 Å². The van der Waals surface area contributed by atoms with Crippen LogP contribution in [0.15, 0.2) is 24.0 Å². The second kappa shape index (κ2) is 6.86. The fourth-order valence-corrected chi connectivity index (χ4v) is 3.30. The summed E-state index contributed by atoms with van der Waals surface area (Å²) < 4.78 is 16.2. The molecule has 0 aromatic rings. The van der Waals surface area contributed by atoms with Crippen molar-refractivity contribution in [3.05, 3.63) is 24.0 Å². The predicted molar refractivity (Wildman–Crippen MR) is 75.9 cm³/mol. The van der Waals surface area contributed by atoms with E-state index in [0.29, 0.717) is 0 Å². The van der Waals surface area contributed by atoms with Gasteiger partial charge >= 0.3 is 0 Å². The van der Waals surface area contributed by atoms with Crippen LogP contribution < -0.4 is 0 Å². The number of fused-ring (bicyclic) bond motifs is 1.